The molecular formula is C102H58O3. The van der Waals surface area contributed by atoms with Crippen LogP contribution >= 0.6 is 0 Å². The molecule has 0 aliphatic heterocycles. The van der Waals surface area contributed by atoms with Crippen molar-refractivity contribution in [1.29, 1.82) is 0 Å². The van der Waals surface area contributed by atoms with Crippen molar-refractivity contribution in [2.75, 3.05) is 0 Å². The van der Waals surface area contributed by atoms with E-state index < -0.39 is 0 Å². The SMILES string of the molecule is c1ccc2cc(-c3c4ccccc4c(-c4ccc5oc6c7cc(-c8ccc9cc(-c%10c%11ccccc%11c(-c%11ccc%12oc%13c%14ccccc%14c(-c%14ccc%15ccccc%15c%14)cc%13c%12c%11)c%11ccccc%10%11)ccc9c8)ccc7c(-c7ccc8oc9ccccc9c8c7)cc6c5c4)c4ccccc34)ccc2c1. The summed E-state index contributed by atoms with van der Waals surface area (Å²) < 4.78 is 20.5. The zero-order valence-electron chi connectivity index (χ0n) is 56.7. The van der Waals surface area contributed by atoms with Gasteiger partial charge in [0.25, 0.3) is 0 Å². The molecule has 0 fully saturated rings. The fourth-order valence-corrected chi connectivity index (χ4v) is 17.9. The van der Waals surface area contributed by atoms with Crippen molar-refractivity contribution in [3.8, 4) is 77.9 Å². The van der Waals surface area contributed by atoms with E-state index in [1.807, 2.05) is 6.07 Å². The average Bonchev–Trinajstić information content (AvgIpc) is 1.70. The van der Waals surface area contributed by atoms with Gasteiger partial charge in [-0.3, -0.25) is 0 Å². The minimum Gasteiger partial charge on any atom is -0.456 e. The molecule has 3 aromatic heterocycles. The number of para-hydroxylation sites is 1. The van der Waals surface area contributed by atoms with E-state index in [4.69, 9.17) is 13.3 Å². The van der Waals surface area contributed by atoms with Crippen molar-refractivity contribution < 1.29 is 13.3 Å². The molecule has 105 heavy (non-hydrogen) atoms. The van der Waals surface area contributed by atoms with Crippen LogP contribution in [0.4, 0.5) is 0 Å². The lowest BCUT2D eigenvalue weighted by Gasteiger charge is -2.18. The lowest BCUT2D eigenvalue weighted by Crippen LogP contribution is -1.91. The average molecular weight is 1330 g/mol. The van der Waals surface area contributed by atoms with Crippen LogP contribution in [0.3, 0.4) is 0 Å². The highest BCUT2D eigenvalue weighted by Crippen LogP contribution is 2.51. The van der Waals surface area contributed by atoms with E-state index in [0.717, 1.165) is 115 Å². The maximum atomic E-state index is 7.21. The van der Waals surface area contributed by atoms with Gasteiger partial charge in [-0.2, -0.15) is 0 Å². The van der Waals surface area contributed by atoms with Crippen LogP contribution in [0.25, 0.3) is 241 Å². The lowest BCUT2D eigenvalue weighted by molar-refractivity contribution is 0.669. The molecule has 0 saturated heterocycles. The Labute approximate surface area is 601 Å². The van der Waals surface area contributed by atoms with E-state index in [0.29, 0.717) is 0 Å². The predicted octanol–water partition coefficient (Wildman–Crippen LogP) is 29.4. The molecule has 3 nitrogen and oxygen atoms in total. The van der Waals surface area contributed by atoms with Gasteiger partial charge < -0.3 is 13.3 Å². The Balaban J connectivity index is 0.657. The van der Waals surface area contributed by atoms with E-state index in [2.05, 4.69) is 346 Å². The minimum absolute atomic E-state index is 0.845. The van der Waals surface area contributed by atoms with E-state index in [1.54, 1.807) is 0 Å². The summed E-state index contributed by atoms with van der Waals surface area (Å²) in [5.74, 6) is 0. The highest BCUT2D eigenvalue weighted by atomic mass is 16.3. The second kappa shape index (κ2) is 22.3. The molecule has 0 aliphatic rings. The summed E-state index contributed by atoms with van der Waals surface area (Å²) in [6.07, 6.45) is 0. The first-order valence-corrected chi connectivity index (χ1v) is 36.2. The Morgan fingerprint density at radius 2 is 0.400 bits per heavy atom. The minimum atomic E-state index is 0.845. The molecule has 484 valence electrons. The Morgan fingerprint density at radius 3 is 0.914 bits per heavy atom. The third-order valence-electron chi connectivity index (χ3n) is 22.7. The third-order valence-corrected chi connectivity index (χ3v) is 22.7. The van der Waals surface area contributed by atoms with Gasteiger partial charge >= 0.3 is 0 Å². The van der Waals surface area contributed by atoms with E-state index in [9.17, 15) is 0 Å². The van der Waals surface area contributed by atoms with Crippen molar-refractivity contribution in [2.45, 2.75) is 0 Å². The molecule has 23 aromatic rings. The van der Waals surface area contributed by atoms with Crippen LogP contribution in [0.2, 0.25) is 0 Å². The molecule has 0 aliphatic carbocycles. The van der Waals surface area contributed by atoms with Gasteiger partial charge in [-0.15, -0.1) is 0 Å². The number of hydrogen-bond donors (Lipinski definition) is 0. The largest absolute Gasteiger partial charge is 0.456 e. The first-order valence-electron chi connectivity index (χ1n) is 36.2. The van der Waals surface area contributed by atoms with Crippen molar-refractivity contribution in [3.63, 3.8) is 0 Å². The number of rotatable bonds is 7. The maximum absolute atomic E-state index is 7.21. The van der Waals surface area contributed by atoms with Gasteiger partial charge in [0.1, 0.15) is 33.5 Å². The van der Waals surface area contributed by atoms with Gasteiger partial charge in [0, 0.05) is 43.1 Å². The highest BCUT2D eigenvalue weighted by Gasteiger charge is 2.24. The summed E-state index contributed by atoms with van der Waals surface area (Å²) in [5, 5.41) is 27.9. The number of benzene rings is 20. The molecule has 20 aromatic carbocycles. The highest BCUT2D eigenvalue weighted by molar-refractivity contribution is 6.27. The van der Waals surface area contributed by atoms with Crippen LogP contribution in [-0.2, 0) is 0 Å². The standard InChI is InChI=1S/C102H58O3/c1-3-19-61-50-67(38-33-59(61)17-1)85-57-91-88-55-71(43-47-95(88)104-101(91)84-31-14-5-21-73(84)85)99-82-29-12-8-25-78(82)98(79-26-9-13-30-83(79)99)70-40-37-63-49-64(35-36-65(63)52-70)66-41-45-74-86(68-42-46-94-87(54-68)75-22-15-16-32-93(75)103-94)58-92-89-56-72(44-48-96(89)105-102(92)90(74)53-66)100-80-27-10-6-23-76(80)97(77-24-7-11-28-81(77)100)69-39-34-60-18-2-4-20-62(60)51-69/h1-58H. The van der Waals surface area contributed by atoms with Gasteiger partial charge in [0.15, 0.2) is 0 Å². The molecule has 0 radical (unpaired) electrons. The Bertz CT molecular complexity index is 7610. The van der Waals surface area contributed by atoms with Gasteiger partial charge in [-0.05, 0) is 249 Å². The van der Waals surface area contributed by atoms with Crippen molar-refractivity contribution in [2.24, 2.45) is 0 Å². The lowest BCUT2D eigenvalue weighted by atomic mass is 9.85. The molecule has 0 bridgehead atoms. The second-order valence-corrected chi connectivity index (χ2v) is 28.4. The van der Waals surface area contributed by atoms with Crippen molar-refractivity contribution in [3.05, 3.63) is 352 Å². The predicted molar refractivity (Wildman–Crippen MR) is 444 cm³/mol. The maximum Gasteiger partial charge on any atom is 0.143 e. The zero-order chi connectivity index (χ0) is 68.5. The molecule has 0 amide bonds. The van der Waals surface area contributed by atoms with E-state index >= 15 is 0 Å². The molecule has 0 unspecified atom stereocenters. The van der Waals surface area contributed by atoms with Gasteiger partial charge in [0.2, 0.25) is 0 Å². The van der Waals surface area contributed by atoms with E-state index in [-0.39, 0.29) is 0 Å². The molecule has 23 rings (SSSR count). The summed E-state index contributed by atoms with van der Waals surface area (Å²) in [6, 6.07) is 130. The summed E-state index contributed by atoms with van der Waals surface area (Å²) in [4.78, 5) is 0. The Hall–Kier alpha value is -13.9. The number of furan rings is 3. The molecule has 3 heterocycles. The third kappa shape index (κ3) is 8.80. The quantitative estimate of drug-likeness (QED) is 0.149. The van der Waals surface area contributed by atoms with Crippen LogP contribution in [0.15, 0.2) is 365 Å². The smallest absolute Gasteiger partial charge is 0.143 e. The van der Waals surface area contributed by atoms with Crippen LogP contribution in [-0.4, -0.2) is 0 Å². The van der Waals surface area contributed by atoms with Crippen LogP contribution < -0.4 is 0 Å². The van der Waals surface area contributed by atoms with Crippen molar-refractivity contribution >= 4 is 163 Å². The Kier molecular flexibility index (Phi) is 12.3. The van der Waals surface area contributed by atoms with Crippen LogP contribution in [0.5, 0.6) is 0 Å². The van der Waals surface area contributed by atoms with E-state index in [1.165, 1.54) is 125 Å². The first kappa shape index (κ1) is 57.9. The van der Waals surface area contributed by atoms with Gasteiger partial charge in [0.05, 0.1) is 0 Å². The monoisotopic (exact) mass is 1330 g/mol. The molecule has 3 heteroatoms. The Morgan fingerprint density at radius 1 is 0.133 bits per heavy atom. The summed E-state index contributed by atoms with van der Waals surface area (Å²) in [7, 11) is 0. The second-order valence-electron chi connectivity index (χ2n) is 28.4. The molecule has 0 spiro atoms. The normalized spacial score (nSPS) is 12.2. The van der Waals surface area contributed by atoms with Crippen molar-refractivity contribution in [1.82, 2.24) is 0 Å². The van der Waals surface area contributed by atoms with Gasteiger partial charge in [-0.25, -0.2) is 0 Å². The first-order chi connectivity index (χ1) is 52.0. The molecular weight excluding hydrogens is 1270 g/mol. The number of hydrogen-bond acceptors (Lipinski definition) is 3. The fraction of sp³-hybridized carbons (Fsp3) is 0. The zero-order valence-corrected chi connectivity index (χ0v) is 56.7. The van der Waals surface area contributed by atoms with Crippen LogP contribution in [0.1, 0.15) is 0 Å². The molecule has 0 saturated carbocycles. The van der Waals surface area contributed by atoms with Crippen LogP contribution in [0, 0.1) is 0 Å². The summed E-state index contributed by atoms with van der Waals surface area (Å²) >= 11 is 0. The molecule has 0 atom stereocenters. The fourth-order valence-electron chi connectivity index (χ4n) is 17.9. The summed E-state index contributed by atoms with van der Waals surface area (Å²) in [6.45, 7) is 0. The molecule has 0 N–H and O–H groups in total. The number of fused-ring (bicyclic) bond motifs is 20. The van der Waals surface area contributed by atoms with Gasteiger partial charge in [-0.1, -0.05) is 267 Å². The summed E-state index contributed by atoms with van der Waals surface area (Å²) in [5.41, 5.74) is 21.7. The topological polar surface area (TPSA) is 39.4 Å².